The van der Waals surface area contributed by atoms with Crippen molar-refractivity contribution >= 4 is 0 Å². The first-order valence-corrected chi connectivity index (χ1v) is 7.93. The molecule has 0 saturated heterocycles. The Morgan fingerprint density at radius 3 is 2.48 bits per heavy atom. The van der Waals surface area contributed by atoms with Crippen LogP contribution in [-0.2, 0) is 0 Å². The van der Waals surface area contributed by atoms with Crippen LogP contribution in [0.4, 0.5) is 8.78 Å². The summed E-state index contributed by atoms with van der Waals surface area (Å²) in [6.07, 6.45) is 5.37. The molecule has 4 heteroatoms. The van der Waals surface area contributed by atoms with Gasteiger partial charge in [-0.15, -0.1) is 0 Å². The molecule has 1 aromatic carbocycles. The van der Waals surface area contributed by atoms with E-state index in [4.69, 9.17) is 0 Å². The summed E-state index contributed by atoms with van der Waals surface area (Å²) in [5.74, 6) is 0.218. The summed E-state index contributed by atoms with van der Waals surface area (Å²) < 4.78 is 26.4. The minimum absolute atomic E-state index is 0.151. The molecule has 1 fully saturated rings. The Morgan fingerprint density at radius 2 is 1.86 bits per heavy atom. The average molecular weight is 297 g/mol. The monoisotopic (exact) mass is 297 g/mol. The molecule has 1 aliphatic carbocycles. The molecular weight excluding hydrogens is 272 g/mol. The van der Waals surface area contributed by atoms with Crippen molar-refractivity contribution in [3.05, 3.63) is 35.4 Å². The van der Waals surface area contributed by atoms with E-state index in [0.29, 0.717) is 12.5 Å². The Hall–Kier alpha value is -1.00. The zero-order chi connectivity index (χ0) is 15.2. The average Bonchev–Trinajstić information content (AvgIpc) is 2.47. The van der Waals surface area contributed by atoms with E-state index < -0.39 is 17.7 Å². The molecule has 0 heterocycles. The van der Waals surface area contributed by atoms with Gasteiger partial charge in [0.25, 0.3) is 0 Å². The van der Waals surface area contributed by atoms with Crippen LogP contribution in [-0.4, -0.2) is 18.2 Å². The highest BCUT2D eigenvalue weighted by molar-refractivity contribution is 5.21. The van der Waals surface area contributed by atoms with Gasteiger partial charge in [-0.25, -0.2) is 8.78 Å². The molecule has 1 aromatic rings. The van der Waals surface area contributed by atoms with E-state index in [1.807, 2.05) is 0 Å². The largest absolute Gasteiger partial charge is 0.387 e. The maximum absolute atomic E-state index is 13.5. The Kier molecular flexibility index (Phi) is 6.12. The molecule has 0 spiro atoms. The van der Waals surface area contributed by atoms with Gasteiger partial charge in [0.2, 0.25) is 0 Å². The third-order valence-corrected chi connectivity index (χ3v) is 4.64. The van der Waals surface area contributed by atoms with Crippen molar-refractivity contribution in [2.24, 2.45) is 11.8 Å². The number of nitrogens with one attached hydrogen (secondary N) is 1. The van der Waals surface area contributed by atoms with E-state index in [1.54, 1.807) is 0 Å². The predicted molar refractivity (Wildman–Crippen MR) is 79.9 cm³/mol. The third-order valence-electron chi connectivity index (χ3n) is 4.64. The first kappa shape index (κ1) is 16.4. The van der Waals surface area contributed by atoms with Crippen LogP contribution < -0.4 is 5.32 Å². The minimum Gasteiger partial charge on any atom is -0.387 e. The molecule has 0 amide bonds. The lowest BCUT2D eigenvalue weighted by atomic mass is 9.81. The van der Waals surface area contributed by atoms with Crippen LogP contribution >= 0.6 is 0 Å². The van der Waals surface area contributed by atoms with Crippen molar-refractivity contribution in [2.75, 3.05) is 13.1 Å². The minimum atomic E-state index is -0.933. The zero-order valence-electron chi connectivity index (χ0n) is 12.6. The Morgan fingerprint density at radius 1 is 1.19 bits per heavy atom. The van der Waals surface area contributed by atoms with Gasteiger partial charge in [0.15, 0.2) is 0 Å². The Bertz CT molecular complexity index is 444. The maximum Gasteiger partial charge on any atom is 0.131 e. The van der Waals surface area contributed by atoms with Gasteiger partial charge in [-0.2, -0.15) is 0 Å². The molecule has 0 aliphatic heterocycles. The van der Waals surface area contributed by atoms with Crippen molar-refractivity contribution in [3.8, 4) is 0 Å². The van der Waals surface area contributed by atoms with Gasteiger partial charge < -0.3 is 10.4 Å². The molecule has 0 bridgehead atoms. The van der Waals surface area contributed by atoms with Crippen molar-refractivity contribution in [3.63, 3.8) is 0 Å². The van der Waals surface area contributed by atoms with Gasteiger partial charge in [0.1, 0.15) is 11.6 Å². The molecular formula is C17H25F2NO. The standard InChI is InChI=1S/C17H25F2NO/c1-2-12-3-5-13(6-4-12)10-20-11-17(21)15-8-7-14(18)9-16(15)19/h7-9,12-13,17,20-21H,2-6,10-11H2,1H3. The van der Waals surface area contributed by atoms with E-state index >= 15 is 0 Å². The summed E-state index contributed by atoms with van der Waals surface area (Å²) in [7, 11) is 0. The zero-order valence-corrected chi connectivity index (χ0v) is 12.6. The number of hydrogen-bond acceptors (Lipinski definition) is 2. The van der Waals surface area contributed by atoms with Gasteiger partial charge in [0, 0.05) is 18.2 Å². The first-order chi connectivity index (χ1) is 10.1. The van der Waals surface area contributed by atoms with Crippen molar-refractivity contribution in [2.45, 2.75) is 45.1 Å². The molecule has 2 rings (SSSR count). The smallest absolute Gasteiger partial charge is 0.131 e. The van der Waals surface area contributed by atoms with E-state index in [-0.39, 0.29) is 5.56 Å². The molecule has 1 aliphatic rings. The first-order valence-electron chi connectivity index (χ1n) is 7.93. The molecule has 1 unspecified atom stereocenters. The van der Waals surface area contributed by atoms with E-state index in [0.717, 1.165) is 18.5 Å². The number of rotatable bonds is 6. The van der Waals surface area contributed by atoms with Crippen molar-refractivity contribution in [1.29, 1.82) is 0 Å². The lowest BCUT2D eigenvalue weighted by Gasteiger charge is -2.28. The molecule has 2 nitrogen and oxygen atoms in total. The predicted octanol–water partition coefficient (Wildman–Crippen LogP) is 3.80. The van der Waals surface area contributed by atoms with E-state index in [9.17, 15) is 13.9 Å². The molecule has 1 saturated carbocycles. The summed E-state index contributed by atoms with van der Waals surface area (Å²) in [5, 5.41) is 13.2. The second-order valence-corrected chi connectivity index (χ2v) is 6.13. The van der Waals surface area contributed by atoms with Gasteiger partial charge in [0.05, 0.1) is 6.10 Å². The van der Waals surface area contributed by atoms with Gasteiger partial charge in [-0.3, -0.25) is 0 Å². The summed E-state index contributed by atoms with van der Waals surface area (Å²) in [6.45, 7) is 3.41. The normalized spacial score (nSPS) is 24.0. The van der Waals surface area contributed by atoms with Gasteiger partial charge in [-0.05, 0) is 37.3 Å². The summed E-state index contributed by atoms with van der Waals surface area (Å²) in [6, 6.07) is 3.29. The number of halogens is 2. The van der Waals surface area contributed by atoms with Crippen LogP contribution in [0.15, 0.2) is 18.2 Å². The number of hydrogen-bond donors (Lipinski definition) is 2. The number of aliphatic hydroxyl groups excluding tert-OH is 1. The van der Waals surface area contributed by atoms with Gasteiger partial charge >= 0.3 is 0 Å². The second kappa shape index (κ2) is 7.85. The van der Waals surface area contributed by atoms with Crippen LogP contribution in [0.3, 0.4) is 0 Å². The lowest BCUT2D eigenvalue weighted by molar-refractivity contribution is 0.164. The molecule has 21 heavy (non-hydrogen) atoms. The summed E-state index contributed by atoms with van der Waals surface area (Å²) >= 11 is 0. The van der Waals surface area contributed by atoms with E-state index in [1.165, 1.54) is 44.2 Å². The molecule has 0 radical (unpaired) electrons. The third kappa shape index (κ3) is 4.75. The summed E-state index contributed by atoms with van der Waals surface area (Å²) in [5.41, 5.74) is 0.151. The quantitative estimate of drug-likeness (QED) is 0.837. The van der Waals surface area contributed by atoms with Crippen LogP contribution in [0, 0.1) is 23.5 Å². The van der Waals surface area contributed by atoms with Crippen LogP contribution in [0.25, 0.3) is 0 Å². The fourth-order valence-electron chi connectivity index (χ4n) is 3.15. The van der Waals surface area contributed by atoms with E-state index in [2.05, 4.69) is 12.2 Å². The molecule has 0 aromatic heterocycles. The Labute approximate surface area is 125 Å². The van der Waals surface area contributed by atoms with Gasteiger partial charge in [-0.1, -0.05) is 32.3 Å². The molecule has 118 valence electrons. The highest BCUT2D eigenvalue weighted by Crippen LogP contribution is 2.30. The van der Waals surface area contributed by atoms with Crippen LogP contribution in [0.5, 0.6) is 0 Å². The Balaban J connectivity index is 1.73. The lowest BCUT2D eigenvalue weighted by Crippen LogP contribution is -2.29. The fraction of sp³-hybridized carbons (Fsp3) is 0.647. The summed E-state index contributed by atoms with van der Waals surface area (Å²) in [4.78, 5) is 0. The van der Waals surface area contributed by atoms with Crippen molar-refractivity contribution in [1.82, 2.24) is 5.32 Å². The highest BCUT2D eigenvalue weighted by atomic mass is 19.1. The molecule has 2 N–H and O–H groups in total. The number of aliphatic hydroxyl groups is 1. The van der Waals surface area contributed by atoms with Crippen LogP contribution in [0.2, 0.25) is 0 Å². The number of benzene rings is 1. The highest BCUT2D eigenvalue weighted by Gasteiger charge is 2.20. The topological polar surface area (TPSA) is 32.3 Å². The SMILES string of the molecule is CCC1CCC(CNCC(O)c2ccc(F)cc2F)CC1. The molecule has 1 atom stereocenters. The fourth-order valence-corrected chi connectivity index (χ4v) is 3.15. The van der Waals surface area contributed by atoms with Crippen molar-refractivity contribution < 1.29 is 13.9 Å². The second-order valence-electron chi connectivity index (χ2n) is 6.13. The maximum atomic E-state index is 13.5. The van der Waals surface area contributed by atoms with Crippen LogP contribution in [0.1, 0.15) is 50.7 Å².